The molecule has 4 rings (SSSR count). The molecule has 0 unspecified atom stereocenters. The van der Waals surface area contributed by atoms with Crippen molar-refractivity contribution < 1.29 is 21.6 Å². The minimum atomic E-state index is -3.72. The van der Waals surface area contributed by atoms with Crippen LogP contribution in [0.4, 0.5) is 5.69 Å². The van der Waals surface area contributed by atoms with E-state index in [4.69, 9.17) is 0 Å². The summed E-state index contributed by atoms with van der Waals surface area (Å²) < 4.78 is 52.6. The molecule has 1 fully saturated rings. The lowest BCUT2D eigenvalue weighted by Gasteiger charge is -2.28. The van der Waals surface area contributed by atoms with Crippen molar-refractivity contribution in [2.75, 3.05) is 16.6 Å². The Morgan fingerprint density at radius 3 is 2.25 bits per heavy atom. The Labute approximate surface area is 164 Å². The lowest BCUT2D eigenvalue weighted by atomic mass is 10.0. The van der Waals surface area contributed by atoms with E-state index in [-0.39, 0.29) is 16.3 Å². The maximum atomic E-state index is 13.0. The van der Waals surface area contributed by atoms with Crippen LogP contribution in [0.3, 0.4) is 0 Å². The molecule has 9 heteroatoms. The van der Waals surface area contributed by atoms with Crippen LogP contribution in [-0.4, -0.2) is 39.3 Å². The van der Waals surface area contributed by atoms with E-state index in [2.05, 4.69) is 0 Å². The SMILES string of the molecule is C[C@H]1CS(=O)(=O)N(c2ccc(S(=O)(=O)N3CCc4ccccc4C3)cc2)C1=O. The highest BCUT2D eigenvalue weighted by Gasteiger charge is 2.42. The summed E-state index contributed by atoms with van der Waals surface area (Å²) >= 11 is 0. The number of sulfonamides is 2. The number of nitrogens with zero attached hydrogens (tertiary/aromatic N) is 2. The summed E-state index contributed by atoms with van der Waals surface area (Å²) in [6, 6.07) is 13.2. The second-order valence-corrected chi connectivity index (χ2v) is 10.9. The Morgan fingerprint density at radius 2 is 1.64 bits per heavy atom. The highest BCUT2D eigenvalue weighted by atomic mass is 32.2. The summed E-state index contributed by atoms with van der Waals surface area (Å²) in [5.74, 6) is -1.34. The van der Waals surface area contributed by atoms with E-state index in [9.17, 15) is 21.6 Å². The summed E-state index contributed by atoms with van der Waals surface area (Å²) in [5, 5.41) is 0. The quantitative estimate of drug-likeness (QED) is 0.754. The molecule has 2 aliphatic heterocycles. The molecule has 2 heterocycles. The van der Waals surface area contributed by atoms with Crippen molar-refractivity contribution >= 4 is 31.6 Å². The molecule has 2 aromatic rings. The molecule has 0 saturated carbocycles. The maximum absolute atomic E-state index is 13.0. The molecule has 0 bridgehead atoms. The number of rotatable bonds is 3. The van der Waals surface area contributed by atoms with Gasteiger partial charge in [0.15, 0.2) is 0 Å². The third kappa shape index (κ3) is 3.13. The summed E-state index contributed by atoms with van der Waals surface area (Å²) in [6.45, 7) is 2.25. The molecule has 0 spiro atoms. The van der Waals surface area contributed by atoms with Crippen molar-refractivity contribution in [1.82, 2.24) is 4.31 Å². The van der Waals surface area contributed by atoms with E-state index in [1.54, 1.807) is 6.92 Å². The molecular weight excluding hydrogens is 400 g/mol. The van der Waals surface area contributed by atoms with Gasteiger partial charge in [-0.15, -0.1) is 0 Å². The second-order valence-electron chi connectivity index (χ2n) is 7.13. The van der Waals surface area contributed by atoms with Crippen LogP contribution in [0.1, 0.15) is 18.1 Å². The number of hydrogen-bond donors (Lipinski definition) is 0. The highest BCUT2D eigenvalue weighted by Crippen LogP contribution is 2.30. The first kappa shape index (κ1) is 19.1. The average Bonchev–Trinajstić information content (AvgIpc) is 2.88. The van der Waals surface area contributed by atoms with Gasteiger partial charge in [-0.05, 0) is 41.8 Å². The number of benzene rings is 2. The third-order valence-corrected chi connectivity index (χ3v) is 8.89. The lowest BCUT2D eigenvalue weighted by Crippen LogP contribution is -2.36. The van der Waals surface area contributed by atoms with Crippen LogP contribution in [0.15, 0.2) is 53.4 Å². The zero-order valence-corrected chi connectivity index (χ0v) is 16.9. The average molecular weight is 421 g/mol. The van der Waals surface area contributed by atoms with Crippen LogP contribution >= 0.6 is 0 Å². The van der Waals surface area contributed by atoms with E-state index in [1.165, 1.54) is 28.6 Å². The topological polar surface area (TPSA) is 91.8 Å². The van der Waals surface area contributed by atoms with Gasteiger partial charge in [0.1, 0.15) is 0 Å². The fourth-order valence-electron chi connectivity index (χ4n) is 3.66. The summed E-state index contributed by atoms with van der Waals surface area (Å²) in [6.07, 6.45) is 0.645. The molecule has 2 aliphatic rings. The summed E-state index contributed by atoms with van der Waals surface area (Å²) in [5.41, 5.74) is 2.30. The number of fused-ring (bicyclic) bond motifs is 1. The number of carbonyl (C=O) groups excluding carboxylic acids is 1. The zero-order chi connectivity index (χ0) is 20.1. The van der Waals surface area contributed by atoms with Gasteiger partial charge >= 0.3 is 0 Å². The molecule has 0 N–H and O–H groups in total. The van der Waals surface area contributed by atoms with Crippen LogP contribution in [0.5, 0.6) is 0 Å². The second kappa shape index (κ2) is 6.68. The zero-order valence-electron chi connectivity index (χ0n) is 15.3. The minimum Gasteiger partial charge on any atom is -0.273 e. The lowest BCUT2D eigenvalue weighted by molar-refractivity contribution is -0.119. The van der Waals surface area contributed by atoms with E-state index >= 15 is 0 Å². The largest absolute Gasteiger partial charge is 0.273 e. The van der Waals surface area contributed by atoms with Crippen molar-refractivity contribution in [3.8, 4) is 0 Å². The molecule has 28 heavy (non-hydrogen) atoms. The van der Waals surface area contributed by atoms with Gasteiger partial charge < -0.3 is 0 Å². The highest BCUT2D eigenvalue weighted by molar-refractivity contribution is 7.94. The molecule has 1 saturated heterocycles. The molecule has 2 aromatic carbocycles. The molecule has 148 valence electrons. The number of anilines is 1. The molecule has 0 radical (unpaired) electrons. The van der Waals surface area contributed by atoms with Gasteiger partial charge in [-0.1, -0.05) is 31.2 Å². The van der Waals surface area contributed by atoms with Gasteiger partial charge in [-0.2, -0.15) is 4.31 Å². The molecular formula is C19H20N2O5S2. The van der Waals surface area contributed by atoms with Crippen LogP contribution in [-0.2, 0) is 37.8 Å². The Hall–Kier alpha value is -2.23. The fraction of sp³-hybridized carbons (Fsp3) is 0.316. The Morgan fingerprint density at radius 1 is 1.00 bits per heavy atom. The van der Waals surface area contributed by atoms with E-state index in [1.807, 2.05) is 24.3 Å². The molecule has 1 amide bonds. The van der Waals surface area contributed by atoms with Crippen LogP contribution in [0.25, 0.3) is 0 Å². The van der Waals surface area contributed by atoms with Crippen molar-refractivity contribution in [1.29, 1.82) is 0 Å². The minimum absolute atomic E-state index is 0.0766. The Bertz CT molecular complexity index is 1140. The van der Waals surface area contributed by atoms with E-state index in [0.717, 1.165) is 15.4 Å². The predicted molar refractivity (Wildman–Crippen MR) is 105 cm³/mol. The number of hydrogen-bond acceptors (Lipinski definition) is 5. The maximum Gasteiger partial charge on any atom is 0.244 e. The van der Waals surface area contributed by atoms with Crippen molar-refractivity contribution in [2.45, 2.75) is 24.8 Å². The fourth-order valence-corrected chi connectivity index (χ4v) is 6.90. The standard InChI is InChI=1S/C19H20N2O5S2/c1-14-13-27(23,24)21(19(14)22)17-6-8-18(9-7-17)28(25,26)20-11-10-15-4-2-3-5-16(15)12-20/h2-9,14H,10-13H2,1H3/t14-/m0/s1. The van der Waals surface area contributed by atoms with E-state index in [0.29, 0.717) is 19.5 Å². The summed E-state index contributed by atoms with van der Waals surface area (Å²) in [7, 11) is -7.43. The van der Waals surface area contributed by atoms with Gasteiger partial charge in [0, 0.05) is 13.1 Å². The smallest absolute Gasteiger partial charge is 0.244 e. The first-order valence-corrected chi connectivity index (χ1v) is 12.0. The van der Waals surface area contributed by atoms with Crippen LogP contribution in [0.2, 0.25) is 0 Å². The Balaban J connectivity index is 1.61. The van der Waals surface area contributed by atoms with Crippen molar-refractivity contribution in [3.05, 3.63) is 59.7 Å². The normalized spacial score (nSPS) is 22.2. The number of amides is 1. The van der Waals surface area contributed by atoms with E-state index < -0.39 is 31.9 Å². The first-order chi connectivity index (χ1) is 13.2. The van der Waals surface area contributed by atoms with Gasteiger partial charge in [0.25, 0.3) is 0 Å². The van der Waals surface area contributed by atoms with Crippen molar-refractivity contribution in [2.24, 2.45) is 5.92 Å². The summed E-state index contributed by atoms with van der Waals surface area (Å²) in [4.78, 5) is 12.3. The predicted octanol–water partition coefficient (Wildman–Crippen LogP) is 1.75. The van der Waals surface area contributed by atoms with Crippen molar-refractivity contribution in [3.63, 3.8) is 0 Å². The molecule has 7 nitrogen and oxygen atoms in total. The van der Waals surface area contributed by atoms with Gasteiger partial charge in [0.2, 0.25) is 26.0 Å². The monoisotopic (exact) mass is 420 g/mol. The third-order valence-electron chi connectivity index (χ3n) is 5.17. The molecule has 1 atom stereocenters. The first-order valence-electron chi connectivity index (χ1n) is 8.94. The van der Waals surface area contributed by atoms with Gasteiger partial charge in [0.05, 0.1) is 22.3 Å². The van der Waals surface area contributed by atoms with Gasteiger partial charge in [-0.25, -0.2) is 21.1 Å². The van der Waals surface area contributed by atoms with Crippen LogP contribution < -0.4 is 4.31 Å². The molecule has 0 aliphatic carbocycles. The Kier molecular flexibility index (Phi) is 4.56. The molecule has 0 aromatic heterocycles. The van der Waals surface area contributed by atoms with Crippen LogP contribution in [0, 0.1) is 5.92 Å². The van der Waals surface area contributed by atoms with Gasteiger partial charge in [-0.3, -0.25) is 4.79 Å². The number of carbonyl (C=O) groups is 1.